The number of hydrogen-bond donors (Lipinski definition) is 3. The second kappa shape index (κ2) is 1.94. The van der Waals surface area contributed by atoms with Crippen molar-refractivity contribution in [1.29, 1.82) is 0 Å². The number of aliphatic hydroxyl groups is 3. The van der Waals surface area contributed by atoms with Crippen molar-refractivity contribution in [3.05, 3.63) is 0 Å². The molecule has 11 heavy (non-hydrogen) atoms. The molecule has 0 aromatic heterocycles. The standard InChI is InChI=1S/C6H10O5/c7-4-3-11-6(9)5(4,8)1-2-10-6/h4,7-9H,1-3H2. The number of aliphatic hydroxyl groups excluding tert-OH is 1. The lowest BCUT2D eigenvalue weighted by atomic mass is 9.95. The topological polar surface area (TPSA) is 79.2 Å². The van der Waals surface area contributed by atoms with Gasteiger partial charge in [0, 0.05) is 6.42 Å². The minimum absolute atomic E-state index is 0.0903. The highest BCUT2D eigenvalue weighted by Crippen LogP contribution is 2.42. The van der Waals surface area contributed by atoms with E-state index in [0.717, 1.165) is 0 Å². The lowest BCUT2D eigenvalue weighted by molar-refractivity contribution is -0.364. The Hall–Kier alpha value is -0.200. The summed E-state index contributed by atoms with van der Waals surface area (Å²) in [6.45, 7) is 0.108. The first-order valence-corrected chi connectivity index (χ1v) is 3.49. The number of rotatable bonds is 0. The summed E-state index contributed by atoms with van der Waals surface area (Å²) < 4.78 is 9.47. The summed E-state index contributed by atoms with van der Waals surface area (Å²) in [6.07, 6.45) is -0.861. The highest BCUT2D eigenvalue weighted by molar-refractivity contribution is 5.02. The zero-order valence-electron chi connectivity index (χ0n) is 5.86. The van der Waals surface area contributed by atoms with Crippen molar-refractivity contribution < 1.29 is 24.8 Å². The van der Waals surface area contributed by atoms with E-state index < -0.39 is 17.7 Å². The molecule has 0 amide bonds. The van der Waals surface area contributed by atoms with Gasteiger partial charge in [-0.1, -0.05) is 0 Å². The molecule has 2 fully saturated rings. The molecule has 2 rings (SSSR count). The maximum absolute atomic E-state index is 9.61. The largest absolute Gasteiger partial charge is 0.387 e. The predicted octanol–water partition coefficient (Wildman–Crippen LogP) is -1.83. The smallest absolute Gasteiger partial charge is 0.314 e. The molecule has 3 unspecified atom stereocenters. The van der Waals surface area contributed by atoms with Gasteiger partial charge in [-0.2, -0.15) is 0 Å². The summed E-state index contributed by atoms with van der Waals surface area (Å²) in [5, 5.41) is 28.2. The van der Waals surface area contributed by atoms with Gasteiger partial charge in [-0.15, -0.1) is 0 Å². The molecule has 0 aromatic rings. The number of hydrogen-bond acceptors (Lipinski definition) is 5. The van der Waals surface area contributed by atoms with Crippen LogP contribution in [0.5, 0.6) is 0 Å². The molecule has 5 heteroatoms. The Balaban J connectivity index is 2.33. The van der Waals surface area contributed by atoms with Gasteiger partial charge in [-0.05, 0) is 0 Å². The molecule has 2 aliphatic rings. The van der Waals surface area contributed by atoms with Crippen LogP contribution in [0.15, 0.2) is 0 Å². The lowest BCUT2D eigenvalue weighted by Crippen LogP contribution is -2.52. The van der Waals surface area contributed by atoms with Gasteiger partial charge in [-0.3, -0.25) is 0 Å². The Kier molecular flexibility index (Phi) is 1.31. The zero-order chi connectivity index (χ0) is 8.11. The van der Waals surface area contributed by atoms with E-state index in [1.165, 1.54) is 0 Å². The molecule has 3 atom stereocenters. The molecule has 0 radical (unpaired) electrons. The molecule has 0 aromatic carbocycles. The van der Waals surface area contributed by atoms with Crippen molar-refractivity contribution >= 4 is 0 Å². The maximum Gasteiger partial charge on any atom is 0.314 e. The van der Waals surface area contributed by atoms with Gasteiger partial charge < -0.3 is 24.8 Å². The van der Waals surface area contributed by atoms with Gasteiger partial charge in [0.25, 0.3) is 0 Å². The zero-order valence-corrected chi connectivity index (χ0v) is 5.86. The molecular formula is C6H10O5. The van der Waals surface area contributed by atoms with E-state index in [1.54, 1.807) is 0 Å². The Morgan fingerprint density at radius 2 is 2.00 bits per heavy atom. The van der Waals surface area contributed by atoms with Crippen LogP contribution in [0.2, 0.25) is 0 Å². The number of fused-ring (bicyclic) bond motifs is 1. The molecule has 64 valence electrons. The summed E-state index contributed by atoms with van der Waals surface area (Å²) >= 11 is 0. The van der Waals surface area contributed by atoms with Crippen LogP contribution in [0.25, 0.3) is 0 Å². The minimum Gasteiger partial charge on any atom is -0.387 e. The Labute approximate surface area is 63.2 Å². The highest BCUT2D eigenvalue weighted by Gasteiger charge is 2.65. The van der Waals surface area contributed by atoms with Crippen molar-refractivity contribution in [3.63, 3.8) is 0 Å². The molecule has 2 saturated heterocycles. The first-order chi connectivity index (χ1) is 5.08. The SMILES string of the molecule is OC1COC2(O)OCCC12O. The Morgan fingerprint density at radius 1 is 1.27 bits per heavy atom. The second-order valence-electron chi connectivity index (χ2n) is 2.93. The Bertz CT molecular complexity index is 184. The minimum atomic E-state index is -1.98. The van der Waals surface area contributed by atoms with E-state index in [0.29, 0.717) is 0 Å². The molecule has 2 aliphatic heterocycles. The Morgan fingerprint density at radius 3 is 2.64 bits per heavy atom. The van der Waals surface area contributed by atoms with Crippen molar-refractivity contribution in [3.8, 4) is 0 Å². The molecule has 0 saturated carbocycles. The molecule has 5 nitrogen and oxygen atoms in total. The van der Waals surface area contributed by atoms with Crippen molar-refractivity contribution in [1.82, 2.24) is 0 Å². The normalized spacial score (nSPS) is 56.5. The average molecular weight is 162 g/mol. The van der Waals surface area contributed by atoms with Crippen LogP contribution in [-0.2, 0) is 9.47 Å². The monoisotopic (exact) mass is 162 g/mol. The van der Waals surface area contributed by atoms with Gasteiger partial charge in [0.1, 0.15) is 6.10 Å². The van der Waals surface area contributed by atoms with Crippen LogP contribution >= 0.6 is 0 Å². The van der Waals surface area contributed by atoms with E-state index in [9.17, 15) is 15.3 Å². The van der Waals surface area contributed by atoms with Crippen LogP contribution in [0.1, 0.15) is 6.42 Å². The van der Waals surface area contributed by atoms with Gasteiger partial charge in [0.2, 0.25) is 0 Å². The van der Waals surface area contributed by atoms with Crippen molar-refractivity contribution in [2.24, 2.45) is 0 Å². The molecule has 0 spiro atoms. The van der Waals surface area contributed by atoms with Gasteiger partial charge >= 0.3 is 5.97 Å². The summed E-state index contributed by atoms with van der Waals surface area (Å²) in [4.78, 5) is 0. The molecular weight excluding hydrogens is 152 g/mol. The summed E-state index contributed by atoms with van der Waals surface area (Å²) in [5.41, 5.74) is -1.63. The van der Waals surface area contributed by atoms with Crippen LogP contribution in [0.4, 0.5) is 0 Å². The first kappa shape index (κ1) is 7.45. The van der Waals surface area contributed by atoms with Crippen LogP contribution < -0.4 is 0 Å². The van der Waals surface area contributed by atoms with E-state index in [4.69, 9.17) is 9.47 Å². The molecule has 3 N–H and O–H groups in total. The maximum atomic E-state index is 9.61. The second-order valence-corrected chi connectivity index (χ2v) is 2.93. The molecule has 0 aliphatic carbocycles. The van der Waals surface area contributed by atoms with E-state index in [1.807, 2.05) is 0 Å². The number of ether oxygens (including phenoxy) is 2. The summed E-state index contributed by atoms with van der Waals surface area (Å²) in [7, 11) is 0. The molecule has 0 bridgehead atoms. The fourth-order valence-corrected chi connectivity index (χ4v) is 1.50. The van der Waals surface area contributed by atoms with Crippen LogP contribution in [0, 0.1) is 0 Å². The summed E-state index contributed by atoms with van der Waals surface area (Å²) in [5.74, 6) is -1.98. The lowest BCUT2D eigenvalue weighted by Gasteiger charge is -2.28. The predicted molar refractivity (Wildman–Crippen MR) is 32.4 cm³/mol. The van der Waals surface area contributed by atoms with Gasteiger partial charge in [0.15, 0.2) is 5.60 Å². The van der Waals surface area contributed by atoms with Crippen molar-refractivity contribution in [2.75, 3.05) is 13.2 Å². The first-order valence-electron chi connectivity index (χ1n) is 3.49. The van der Waals surface area contributed by atoms with Gasteiger partial charge in [0.05, 0.1) is 13.2 Å². The van der Waals surface area contributed by atoms with E-state index in [2.05, 4.69) is 0 Å². The fourth-order valence-electron chi connectivity index (χ4n) is 1.50. The van der Waals surface area contributed by atoms with E-state index in [-0.39, 0.29) is 19.6 Å². The fraction of sp³-hybridized carbons (Fsp3) is 1.00. The van der Waals surface area contributed by atoms with Gasteiger partial charge in [-0.25, -0.2) is 0 Å². The average Bonchev–Trinajstić information content (AvgIpc) is 2.34. The molecule has 2 heterocycles. The third-order valence-corrected chi connectivity index (χ3v) is 2.32. The van der Waals surface area contributed by atoms with Crippen LogP contribution in [0.3, 0.4) is 0 Å². The van der Waals surface area contributed by atoms with Crippen LogP contribution in [-0.4, -0.2) is 46.2 Å². The quantitative estimate of drug-likeness (QED) is 0.390. The third kappa shape index (κ3) is 0.719. The highest BCUT2D eigenvalue weighted by atomic mass is 16.8. The third-order valence-electron chi connectivity index (χ3n) is 2.32. The van der Waals surface area contributed by atoms with E-state index >= 15 is 0 Å². The summed E-state index contributed by atoms with van der Waals surface area (Å²) in [6, 6.07) is 0. The van der Waals surface area contributed by atoms with Crippen molar-refractivity contribution in [2.45, 2.75) is 24.1 Å².